The molecule has 1 aliphatic rings. The molecule has 0 spiro atoms. The third-order valence-electron chi connectivity index (χ3n) is 4.28. The van der Waals surface area contributed by atoms with Crippen LogP contribution < -0.4 is 5.32 Å². The van der Waals surface area contributed by atoms with Crippen LogP contribution in [0.2, 0.25) is 0 Å². The van der Waals surface area contributed by atoms with Crippen LogP contribution in [0, 0.1) is 0 Å². The van der Waals surface area contributed by atoms with Gasteiger partial charge in [0.05, 0.1) is 12.2 Å². The molecule has 2 amide bonds. The molecule has 116 valence electrons. The van der Waals surface area contributed by atoms with E-state index in [0.29, 0.717) is 6.54 Å². The lowest BCUT2D eigenvalue weighted by Gasteiger charge is -2.26. The quantitative estimate of drug-likeness (QED) is 0.947. The van der Waals surface area contributed by atoms with Gasteiger partial charge in [0.2, 0.25) is 0 Å². The van der Waals surface area contributed by atoms with Crippen LogP contribution >= 0.6 is 0 Å². The Labute approximate surface area is 130 Å². The minimum Gasteiger partial charge on any atom is -0.331 e. The summed E-state index contributed by atoms with van der Waals surface area (Å²) in [6, 6.07) is 10.1. The Morgan fingerprint density at radius 2 is 2.18 bits per heavy atom. The molecule has 0 unspecified atom stereocenters. The SMILES string of the molecule is CN(Cc1ccccc1)C(=O)N[C@H]1CCCc2c1cnn2C. The molecule has 0 fully saturated rings. The zero-order chi connectivity index (χ0) is 15.5. The number of urea groups is 1. The summed E-state index contributed by atoms with van der Waals surface area (Å²) >= 11 is 0. The van der Waals surface area contributed by atoms with Crippen molar-refractivity contribution in [2.24, 2.45) is 7.05 Å². The van der Waals surface area contributed by atoms with Gasteiger partial charge >= 0.3 is 6.03 Å². The maximum atomic E-state index is 12.4. The van der Waals surface area contributed by atoms with Crippen molar-refractivity contribution >= 4 is 6.03 Å². The molecule has 2 aromatic rings. The van der Waals surface area contributed by atoms with E-state index in [0.717, 1.165) is 30.4 Å². The standard InChI is InChI=1S/C17H22N4O/c1-20(12-13-7-4-3-5-8-13)17(22)19-15-9-6-10-16-14(15)11-18-21(16)2/h3-5,7-8,11,15H,6,9-10,12H2,1-2H3,(H,19,22)/t15-/m0/s1. The average Bonchev–Trinajstić information content (AvgIpc) is 2.91. The van der Waals surface area contributed by atoms with E-state index in [1.165, 1.54) is 5.69 Å². The van der Waals surface area contributed by atoms with Crippen LogP contribution in [0.4, 0.5) is 4.79 Å². The molecule has 0 aliphatic heterocycles. The molecule has 5 nitrogen and oxygen atoms in total. The van der Waals surface area contributed by atoms with Gasteiger partial charge in [-0.05, 0) is 24.8 Å². The van der Waals surface area contributed by atoms with Crippen LogP contribution in [-0.4, -0.2) is 27.8 Å². The monoisotopic (exact) mass is 298 g/mol. The number of aromatic nitrogens is 2. The molecule has 0 saturated carbocycles. The number of carbonyl (C=O) groups is 1. The minimum atomic E-state index is -0.0365. The number of rotatable bonds is 3. The van der Waals surface area contributed by atoms with E-state index in [-0.39, 0.29) is 12.1 Å². The number of carbonyl (C=O) groups excluding carboxylic acids is 1. The summed E-state index contributed by atoms with van der Waals surface area (Å²) in [7, 11) is 3.79. The number of nitrogens with one attached hydrogen (secondary N) is 1. The van der Waals surface area contributed by atoms with Gasteiger partial charge in [-0.25, -0.2) is 4.79 Å². The van der Waals surface area contributed by atoms with Gasteiger partial charge < -0.3 is 10.2 Å². The molecule has 1 N–H and O–H groups in total. The zero-order valence-corrected chi connectivity index (χ0v) is 13.1. The second kappa shape index (κ2) is 6.22. The van der Waals surface area contributed by atoms with Gasteiger partial charge in [-0.15, -0.1) is 0 Å². The molecule has 5 heteroatoms. The van der Waals surface area contributed by atoms with Crippen LogP contribution in [0.5, 0.6) is 0 Å². The van der Waals surface area contributed by atoms with Crippen molar-refractivity contribution in [3.05, 3.63) is 53.3 Å². The first-order valence-corrected chi connectivity index (χ1v) is 7.71. The summed E-state index contributed by atoms with van der Waals surface area (Å²) < 4.78 is 1.92. The first-order valence-electron chi connectivity index (χ1n) is 7.71. The second-order valence-electron chi connectivity index (χ2n) is 5.91. The van der Waals surface area contributed by atoms with E-state index >= 15 is 0 Å². The van der Waals surface area contributed by atoms with Gasteiger partial charge in [0.1, 0.15) is 0 Å². The van der Waals surface area contributed by atoms with Crippen LogP contribution in [-0.2, 0) is 20.0 Å². The highest BCUT2D eigenvalue weighted by molar-refractivity contribution is 5.74. The lowest BCUT2D eigenvalue weighted by molar-refractivity contribution is 0.201. The van der Waals surface area contributed by atoms with E-state index < -0.39 is 0 Å². The Kier molecular flexibility index (Phi) is 4.13. The third kappa shape index (κ3) is 2.98. The summed E-state index contributed by atoms with van der Waals surface area (Å²) in [5.74, 6) is 0. The van der Waals surface area contributed by atoms with Crippen LogP contribution in [0.1, 0.15) is 35.7 Å². The number of benzene rings is 1. The second-order valence-corrected chi connectivity index (χ2v) is 5.91. The van der Waals surface area contributed by atoms with Crippen molar-refractivity contribution in [2.75, 3.05) is 7.05 Å². The predicted molar refractivity (Wildman–Crippen MR) is 85.3 cm³/mol. The molecule has 1 aliphatic carbocycles. The molecule has 0 radical (unpaired) electrons. The summed E-state index contributed by atoms with van der Waals surface area (Å²) in [6.45, 7) is 0.610. The highest BCUT2D eigenvalue weighted by Gasteiger charge is 2.25. The summed E-state index contributed by atoms with van der Waals surface area (Å²) in [6.07, 6.45) is 4.98. The van der Waals surface area contributed by atoms with Crippen molar-refractivity contribution in [3.8, 4) is 0 Å². The normalized spacial score (nSPS) is 16.9. The Morgan fingerprint density at radius 3 is 2.95 bits per heavy atom. The fourth-order valence-electron chi connectivity index (χ4n) is 3.04. The van der Waals surface area contributed by atoms with Gasteiger partial charge in [-0.2, -0.15) is 5.10 Å². The van der Waals surface area contributed by atoms with Gasteiger partial charge in [0, 0.05) is 31.9 Å². The summed E-state index contributed by atoms with van der Waals surface area (Å²) in [4.78, 5) is 14.1. The topological polar surface area (TPSA) is 50.2 Å². The smallest absolute Gasteiger partial charge is 0.317 e. The molecule has 3 rings (SSSR count). The molecule has 22 heavy (non-hydrogen) atoms. The van der Waals surface area contributed by atoms with Gasteiger partial charge in [0.25, 0.3) is 0 Å². The number of amides is 2. The maximum absolute atomic E-state index is 12.4. The molecule has 0 saturated heterocycles. The number of nitrogens with zero attached hydrogens (tertiary/aromatic N) is 3. The molecule has 1 heterocycles. The van der Waals surface area contributed by atoms with Crippen molar-refractivity contribution in [2.45, 2.75) is 31.8 Å². The molecular formula is C17H22N4O. The lowest BCUT2D eigenvalue weighted by atomic mass is 9.93. The van der Waals surface area contributed by atoms with E-state index in [1.807, 2.05) is 55.3 Å². The molecule has 1 aromatic carbocycles. The highest BCUT2D eigenvalue weighted by Crippen LogP contribution is 2.29. The van der Waals surface area contributed by atoms with Gasteiger partial charge in [-0.1, -0.05) is 30.3 Å². The first kappa shape index (κ1) is 14.6. The molecule has 0 bridgehead atoms. The van der Waals surface area contributed by atoms with Gasteiger partial charge in [0.15, 0.2) is 0 Å². The number of hydrogen-bond donors (Lipinski definition) is 1. The maximum Gasteiger partial charge on any atom is 0.317 e. The highest BCUT2D eigenvalue weighted by atomic mass is 16.2. The van der Waals surface area contributed by atoms with Crippen molar-refractivity contribution < 1.29 is 4.79 Å². The Balaban J connectivity index is 1.65. The lowest BCUT2D eigenvalue weighted by Crippen LogP contribution is -2.39. The molecular weight excluding hydrogens is 276 g/mol. The average molecular weight is 298 g/mol. The molecule has 1 atom stereocenters. The third-order valence-corrected chi connectivity index (χ3v) is 4.28. The van der Waals surface area contributed by atoms with Crippen LogP contribution in [0.3, 0.4) is 0 Å². The summed E-state index contributed by atoms with van der Waals surface area (Å²) in [5.41, 5.74) is 3.53. The number of hydrogen-bond acceptors (Lipinski definition) is 2. The van der Waals surface area contributed by atoms with Crippen molar-refractivity contribution in [3.63, 3.8) is 0 Å². The van der Waals surface area contributed by atoms with Crippen LogP contribution in [0.15, 0.2) is 36.5 Å². The fourth-order valence-corrected chi connectivity index (χ4v) is 3.04. The molecule has 1 aromatic heterocycles. The minimum absolute atomic E-state index is 0.0365. The van der Waals surface area contributed by atoms with E-state index in [2.05, 4.69) is 10.4 Å². The van der Waals surface area contributed by atoms with Crippen molar-refractivity contribution in [1.82, 2.24) is 20.0 Å². The fraction of sp³-hybridized carbons (Fsp3) is 0.412. The van der Waals surface area contributed by atoms with Crippen molar-refractivity contribution in [1.29, 1.82) is 0 Å². The first-order chi connectivity index (χ1) is 10.6. The predicted octanol–water partition coefficient (Wildman–Crippen LogP) is 2.64. The Bertz CT molecular complexity index is 650. The van der Waals surface area contributed by atoms with E-state index in [4.69, 9.17) is 0 Å². The Morgan fingerprint density at radius 1 is 1.41 bits per heavy atom. The summed E-state index contributed by atoms with van der Waals surface area (Å²) in [5, 5.41) is 7.46. The number of aryl methyl sites for hydroxylation is 1. The van der Waals surface area contributed by atoms with Gasteiger partial charge in [-0.3, -0.25) is 4.68 Å². The number of fused-ring (bicyclic) bond motifs is 1. The zero-order valence-electron chi connectivity index (χ0n) is 13.1. The van der Waals surface area contributed by atoms with Crippen LogP contribution in [0.25, 0.3) is 0 Å². The largest absolute Gasteiger partial charge is 0.331 e. The Hall–Kier alpha value is -2.30. The van der Waals surface area contributed by atoms with E-state index in [1.54, 1.807) is 4.90 Å². The van der Waals surface area contributed by atoms with E-state index in [9.17, 15) is 4.79 Å².